The summed E-state index contributed by atoms with van der Waals surface area (Å²) in [5.74, 6) is 0.207. The molecule has 1 amide bonds. The number of thiophene rings is 1. The summed E-state index contributed by atoms with van der Waals surface area (Å²) in [5.41, 5.74) is 1.23. The summed E-state index contributed by atoms with van der Waals surface area (Å²) < 4.78 is 5.53. The summed E-state index contributed by atoms with van der Waals surface area (Å²) in [4.78, 5) is 22.2. The third-order valence-electron chi connectivity index (χ3n) is 3.38. The van der Waals surface area contributed by atoms with Gasteiger partial charge < -0.3 is 10.1 Å². The zero-order valence-electron chi connectivity index (χ0n) is 12.9. The van der Waals surface area contributed by atoms with Crippen LogP contribution in [0.1, 0.15) is 22.2 Å². The Bertz CT molecular complexity index is 927. The van der Waals surface area contributed by atoms with Crippen LogP contribution in [0.5, 0.6) is 5.88 Å². The Morgan fingerprint density at radius 3 is 2.88 bits per heavy atom. The molecule has 0 saturated carbocycles. The van der Waals surface area contributed by atoms with Crippen LogP contribution in [0.15, 0.2) is 24.5 Å². The van der Waals surface area contributed by atoms with Crippen LogP contribution in [0.4, 0.5) is 5.69 Å². The Morgan fingerprint density at radius 2 is 2.12 bits per heavy atom. The van der Waals surface area contributed by atoms with Crippen LogP contribution in [0.25, 0.3) is 10.2 Å². The molecule has 1 aromatic carbocycles. The molecule has 3 aromatic rings. The van der Waals surface area contributed by atoms with Gasteiger partial charge in [-0.1, -0.05) is 29.3 Å². The molecule has 0 radical (unpaired) electrons. The minimum atomic E-state index is -0.276. The maximum atomic E-state index is 12.6. The predicted octanol–water partition coefficient (Wildman–Crippen LogP) is 4.96. The first-order chi connectivity index (χ1) is 11.5. The Labute approximate surface area is 152 Å². The standard InChI is InChI=1S/C16H13Cl2N3O2S/c1-3-23-15-11-8(2)13(24-16(11)20-7-19-15)14(22)21-10-6-4-5-9(17)12(10)18/h4-7H,3H2,1-2H3,(H,21,22). The first-order valence-corrected chi connectivity index (χ1v) is 8.72. The average molecular weight is 382 g/mol. The highest BCUT2D eigenvalue weighted by atomic mass is 35.5. The average Bonchev–Trinajstić information content (AvgIpc) is 2.90. The second-order valence-corrected chi connectivity index (χ2v) is 6.69. The van der Waals surface area contributed by atoms with Gasteiger partial charge in [0.15, 0.2) is 0 Å². The summed E-state index contributed by atoms with van der Waals surface area (Å²) in [5, 5.41) is 4.23. The van der Waals surface area contributed by atoms with Crippen LogP contribution in [0.2, 0.25) is 10.0 Å². The predicted molar refractivity (Wildman–Crippen MR) is 97.7 cm³/mol. The lowest BCUT2D eigenvalue weighted by molar-refractivity contribution is 0.103. The molecular weight excluding hydrogens is 369 g/mol. The molecule has 24 heavy (non-hydrogen) atoms. The van der Waals surface area contributed by atoms with Gasteiger partial charge in [-0.15, -0.1) is 11.3 Å². The number of hydrogen-bond donors (Lipinski definition) is 1. The lowest BCUT2D eigenvalue weighted by Crippen LogP contribution is -2.11. The molecule has 0 spiro atoms. The minimum Gasteiger partial charge on any atom is -0.477 e. The van der Waals surface area contributed by atoms with Gasteiger partial charge in [0.2, 0.25) is 5.88 Å². The van der Waals surface area contributed by atoms with E-state index in [1.165, 1.54) is 17.7 Å². The summed E-state index contributed by atoms with van der Waals surface area (Å²) in [6, 6.07) is 5.08. The van der Waals surface area contributed by atoms with E-state index in [4.69, 9.17) is 27.9 Å². The van der Waals surface area contributed by atoms with Crippen LogP contribution in [-0.2, 0) is 0 Å². The summed E-state index contributed by atoms with van der Waals surface area (Å²) in [7, 11) is 0. The molecule has 0 saturated heterocycles. The Kier molecular flexibility index (Phi) is 4.89. The minimum absolute atomic E-state index is 0.276. The third kappa shape index (κ3) is 3.05. The zero-order valence-corrected chi connectivity index (χ0v) is 15.2. The number of halogens is 2. The van der Waals surface area contributed by atoms with Crippen molar-refractivity contribution in [1.82, 2.24) is 9.97 Å². The fourth-order valence-electron chi connectivity index (χ4n) is 2.28. The van der Waals surface area contributed by atoms with E-state index in [0.29, 0.717) is 37.9 Å². The normalized spacial score (nSPS) is 10.8. The van der Waals surface area contributed by atoms with Crippen molar-refractivity contribution in [3.8, 4) is 5.88 Å². The van der Waals surface area contributed by atoms with E-state index in [1.807, 2.05) is 13.8 Å². The highest BCUT2D eigenvalue weighted by Gasteiger charge is 2.20. The number of amides is 1. The fraction of sp³-hybridized carbons (Fsp3) is 0.188. The van der Waals surface area contributed by atoms with Gasteiger partial charge in [0, 0.05) is 0 Å². The molecule has 0 aliphatic heterocycles. The van der Waals surface area contributed by atoms with Crippen LogP contribution < -0.4 is 10.1 Å². The van der Waals surface area contributed by atoms with Gasteiger partial charge in [-0.05, 0) is 31.5 Å². The quantitative estimate of drug-likeness (QED) is 0.693. The lowest BCUT2D eigenvalue weighted by atomic mass is 10.2. The maximum absolute atomic E-state index is 12.6. The molecule has 0 unspecified atom stereocenters. The number of rotatable bonds is 4. The Morgan fingerprint density at radius 1 is 1.33 bits per heavy atom. The van der Waals surface area contributed by atoms with Crippen LogP contribution in [0, 0.1) is 6.92 Å². The number of nitrogens with zero attached hydrogens (tertiary/aromatic N) is 2. The summed E-state index contributed by atoms with van der Waals surface area (Å²) >= 11 is 13.4. The summed E-state index contributed by atoms with van der Waals surface area (Å²) in [6.07, 6.45) is 1.43. The van der Waals surface area contributed by atoms with E-state index >= 15 is 0 Å². The zero-order chi connectivity index (χ0) is 17.3. The van der Waals surface area contributed by atoms with Gasteiger partial charge >= 0.3 is 0 Å². The number of carbonyl (C=O) groups excluding carboxylic acids is 1. The molecule has 5 nitrogen and oxygen atoms in total. The fourth-order valence-corrected chi connectivity index (χ4v) is 3.66. The maximum Gasteiger partial charge on any atom is 0.266 e. The van der Waals surface area contributed by atoms with Crippen molar-refractivity contribution in [2.75, 3.05) is 11.9 Å². The summed E-state index contributed by atoms with van der Waals surface area (Å²) in [6.45, 7) is 4.21. The van der Waals surface area contributed by atoms with Gasteiger partial charge in [0.05, 0.1) is 32.6 Å². The number of anilines is 1. The number of aromatic nitrogens is 2. The van der Waals surface area contributed by atoms with Crippen molar-refractivity contribution >= 4 is 56.3 Å². The number of fused-ring (bicyclic) bond motifs is 1. The van der Waals surface area contributed by atoms with Crippen LogP contribution in [0.3, 0.4) is 0 Å². The number of hydrogen-bond acceptors (Lipinski definition) is 5. The number of carbonyl (C=O) groups is 1. The van der Waals surface area contributed by atoms with Crippen molar-refractivity contribution in [3.63, 3.8) is 0 Å². The number of aryl methyl sites for hydroxylation is 1. The van der Waals surface area contributed by atoms with Crippen molar-refractivity contribution in [2.45, 2.75) is 13.8 Å². The van der Waals surface area contributed by atoms with Gasteiger partial charge in [-0.2, -0.15) is 0 Å². The highest BCUT2D eigenvalue weighted by Crippen LogP contribution is 2.36. The molecule has 2 heterocycles. The van der Waals surface area contributed by atoms with Crippen molar-refractivity contribution in [3.05, 3.63) is 45.0 Å². The van der Waals surface area contributed by atoms with Crippen molar-refractivity contribution < 1.29 is 9.53 Å². The third-order valence-corrected chi connectivity index (χ3v) is 5.40. The molecule has 8 heteroatoms. The van der Waals surface area contributed by atoms with E-state index in [2.05, 4.69) is 15.3 Å². The molecular formula is C16H13Cl2N3O2S. The van der Waals surface area contributed by atoms with Crippen molar-refractivity contribution in [1.29, 1.82) is 0 Å². The number of benzene rings is 1. The van der Waals surface area contributed by atoms with Gasteiger partial charge in [-0.25, -0.2) is 9.97 Å². The van der Waals surface area contributed by atoms with Gasteiger partial charge in [-0.3, -0.25) is 4.79 Å². The molecule has 3 rings (SSSR count). The van der Waals surface area contributed by atoms with Crippen molar-refractivity contribution in [2.24, 2.45) is 0 Å². The molecule has 1 N–H and O–H groups in total. The van der Waals surface area contributed by atoms with E-state index in [-0.39, 0.29) is 5.91 Å². The van der Waals surface area contributed by atoms with Gasteiger partial charge in [0.25, 0.3) is 5.91 Å². The topological polar surface area (TPSA) is 64.1 Å². The first-order valence-electron chi connectivity index (χ1n) is 7.15. The molecule has 124 valence electrons. The Balaban J connectivity index is 2.00. The first kappa shape index (κ1) is 17.0. The van der Waals surface area contributed by atoms with E-state index in [1.54, 1.807) is 18.2 Å². The highest BCUT2D eigenvalue weighted by molar-refractivity contribution is 7.20. The van der Waals surface area contributed by atoms with Crippen LogP contribution in [-0.4, -0.2) is 22.5 Å². The molecule has 0 atom stereocenters. The van der Waals surface area contributed by atoms with Crippen LogP contribution >= 0.6 is 34.5 Å². The lowest BCUT2D eigenvalue weighted by Gasteiger charge is -2.07. The second kappa shape index (κ2) is 6.93. The number of ether oxygens (including phenoxy) is 1. The van der Waals surface area contributed by atoms with E-state index in [9.17, 15) is 4.79 Å². The number of nitrogens with one attached hydrogen (secondary N) is 1. The van der Waals surface area contributed by atoms with E-state index < -0.39 is 0 Å². The van der Waals surface area contributed by atoms with Gasteiger partial charge in [0.1, 0.15) is 11.2 Å². The van der Waals surface area contributed by atoms with E-state index in [0.717, 1.165) is 10.9 Å². The Hall–Kier alpha value is -1.89. The monoisotopic (exact) mass is 381 g/mol. The molecule has 0 aliphatic carbocycles. The molecule has 0 fully saturated rings. The SMILES string of the molecule is CCOc1ncnc2sc(C(=O)Nc3cccc(Cl)c3Cl)c(C)c12. The largest absolute Gasteiger partial charge is 0.477 e. The molecule has 0 bridgehead atoms. The smallest absolute Gasteiger partial charge is 0.266 e. The second-order valence-electron chi connectivity index (χ2n) is 4.90. The molecule has 2 aromatic heterocycles. The molecule has 0 aliphatic rings.